The lowest BCUT2D eigenvalue weighted by atomic mass is 10.2. The Bertz CT molecular complexity index is 1020. The number of anilines is 1. The molecule has 0 radical (unpaired) electrons. The molecule has 0 bridgehead atoms. The molecule has 0 unspecified atom stereocenters. The largest absolute Gasteiger partial charge is 0.497 e. The van der Waals surface area contributed by atoms with E-state index in [1.807, 2.05) is 18.2 Å². The average molecular weight is 427 g/mol. The Labute approximate surface area is 178 Å². The fraction of sp³-hybridized carbons (Fsp3) is 0.238. The van der Waals surface area contributed by atoms with Crippen LogP contribution in [-0.2, 0) is 9.53 Å². The SMILES string of the molecule is COc1cccc(-c2nnc(SCC(=O)Nc3ccc(C(=O)OC(C)C)cc3)o2)c1. The van der Waals surface area contributed by atoms with Crippen LogP contribution in [0.5, 0.6) is 5.75 Å². The second kappa shape index (κ2) is 9.93. The summed E-state index contributed by atoms with van der Waals surface area (Å²) in [4.78, 5) is 24.0. The van der Waals surface area contributed by atoms with Gasteiger partial charge in [0.25, 0.3) is 5.22 Å². The van der Waals surface area contributed by atoms with Crippen LogP contribution in [0, 0.1) is 0 Å². The number of ether oxygens (including phenoxy) is 2. The Morgan fingerprint density at radius 3 is 2.60 bits per heavy atom. The Morgan fingerprint density at radius 2 is 1.90 bits per heavy atom. The van der Waals surface area contributed by atoms with E-state index in [0.717, 1.165) is 17.3 Å². The van der Waals surface area contributed by atoms with Crippen LogP contribution in [0.3, 0.4) is 0 Å². The quantitative estimate of drug-likeness (QED) is 0.424. The van der Waals surface area contributed by atoms with Crippen molar-refractivity contribution in [3.05, 3.63) is 54.1 Å². The third kappa shape index (κ3) is 5.84. The molecule has 156 valence electrons. The van der Waals surface area contributed by atoms with Crippen LogP contribution in [0.4, 0.5) is 5.69 Å². The topological polar surface area (TPSA) is 104 Å². The number of rotatable bonds is 8. The predicted molar refractivity (Wildman–Crippen MR) is 113 cm³/mol. The highest BCUT2D eigenvalue weighted by Gasteiger charge is 2.13. The molecule has 30 heavy (non-hydrogen) atoms. The summed E-state index contributed by atoms with van der Waals surface area (Å²) in [6.07, 6.45) is -0.192. The van der Waals surface area contributed by atoms with Crippen molar-refractivity contribution in [2.45, 2.75) is 25.2 Å². The van der Waals surface area contributed by atoms with Gasteiger partial charge < -0.3 is 19.2 Å². The molecule has 0 atom stereocenters. The first-order valence-corrected chi connectivity index (χ1v) is 10.1. The van der Waals surface area contributed by atoms with E-state index in [-0.39, 0.29) is 23.0 Å². The highest BCUT2D eigenvalue weighted by atomic mass is 32.2. The molecule has 0 aliphatic heterocycles. The lowest BCUT2D eigenvalue weighted by molar-refractivity contribution is -0.113. The number of carbonyl (C=O) groups excluding carboxylic acids is 2. The van der Waals surface area contributed by atoms with Gasteiger partial charge in [0.15, 0.2) is 0 Å². The number of nitrogens with one attached hydrogen (secondary N) is 1. The molecule has 0 aliphatic carbocycles. The number of carbonyl (C=O) groups is 2. The number of hydrogen-bond donors (Lipinski definition) is 1. The van der Waals surface area contributed by atoms with Crippen molar-refractivity contribution in [1.29, 1.82) is 0 Å². The van der Waals surface area contributed by atoms with E-state index in [9.17, 15) is 9.59 Å². The predicted octanol–water partition coefficient (Wildman–Crippen LogP) is 4.04. The normalized spacial score (nSPS) is 10.7. The van der Waals surface area contributed by atoms with E-state index >= 15 is 0 Å². The molecule has 0 fully saturated rings. The zero-order valence-electron chi connectivity index (χ0n) is 16.7. The zero-order chi connectivity index (χ0) is 21.5. The van der Waals surface area contributed by atoms with E-state index in [0.29, 0.717) is 22.9 Å². The van der Waals surface area contributed by atoms with Gasteiger partial charge in [0, 0.05) is 11.3 Å². The minimum Gasteiger partial charge on any atom is -0.497 e. The Hall–Kier alpha value is -3.33. The molecule has 8 nitrogen and oxygen atoms in total. The van der Waals surface area contributed by atoms with Crippen molar-refractivity contribution in [3.63, 3.8) is 0 Å². The van der Waals surface area contributed by atoms with Gasteiger partial charge in [-0.1, -0.05) is 17.8 Å². The molecule has 2 aromatic carbocycles. The molecule has 0 aliphatic rings. The van der Waals surface area contributed by atoms with E-state index < -0.39 is 5.97 Å². The summed E-state index contributed by atoms with van der Waals surface area (Å²) in [5.41, 5.74) is 1.73. The number of esters is 1. The van der Waals surface area contributed by atoms with Crippen molar-refractivity contribution in [1.82, 2.24) is 10.2 Å². The molecule has 0 saturated heterocycles. The Balaban J connectivity index is 1.52. The van der Waals surface area contributed by atoms with Crippen LogP contribution in [0.15, 0.2) is 58.2 Å². The van der Waals surface area contributed by atoms with Crippen molar-refractivity contribution in [2.24, 2.45) is 0 Å². The van der Waals surface area contributed by atoms with Crippen molar-refractivity contribution in [3.8, 4) is 17.2 Å². The second-order valence-corrected chi connectivity index (χ2v) is 7.40. The summed E-state index contributed by atoms with van der Waals surface area (Å²) < 4.78 is 15.9. The highest BCUT2D eigenvalue weighted by molar-refractivity contribution is 7.99. The minimum atomic E-state index is -0.401. The Morgan fingerprint density at radius 1 is 1.13 bits per heavy atom. The summed E-state index contributed by atoms with van der Waals surface area (Å²) in [5, 5.41) is 11.0. The first kappa shape index (κ1) is 21.4. The molecular formula is C21H21N3O5S. The molecule has 0 spiro atoms. The summed E-state index contributed by atoms with van der Waals surface area (Å²) in [6.45, 7) is 3.57. The molecule has 1 N–H and O–H groups in total. The van der Waals surface area contributed by atoms with Gasteiger partial charge in [-0.25, -0.2) is 4.79 Å². The number of hydrogen-bond acceptors (Lipinski definition) is 8. The van der Waals surface area contributed by atoms with Gasteiger partial charge in [-0.15, -0.1) is 10.2 Å². The number of methoxy groups -OCH3 is 1. The second-order valence-electron chi connectivity index (χ2n) is 6.47. The smallest absolute Gasteiger partial charge is 0.338 e. The first-order chi connectivity index (χ1) is 14.4. The van der Waals surface area contributed by atoms with E-state index in [4.69, 9.17) is 13.9 Å². The van der Waals surface area contributed by atoms with Crippen LogP contribution in [0.1, 0.15) is 24.2 Å². The summed E-state index contributed by atoms with van der Waals surface area (Å²) in [6, 6.07) is 13.8. The zero-order valence-corrected chi connectivity index (χ0v) is 17.6. The lowest BCUT2D eigenvalue weighted by Crippen LogP contribution is -2.14. The maximum Gasteiger partial charge on any atom is 0.338 e. The minimum absolute atomic E-state index is 0.0941. The van der Waals surface area contributed by atoms with Gasteiger partial charge in [0.1, 0.15) is 5.75 Å². The summed E-state index contributed by atoms with van der Waals surface area (Å²) in [7, 11) is 1.58. The summed E-state index contributed by atoms with van der Waals surface area (Å²) in [5.74, 6) is 0.486. The van der Waals surface area contributed by atoms with Crippen LogP contribution >= 0.6 is 11.8 Å². The maximum atomic E-state index is 12.2. The van der Waals surface area contributed by atoms with Crippen LogP contribution in [0.2, 0.25) is 0 Å². The fourth-order valence-electron chi connectivity index (χ4n) is 2.44. The van der Waals surface area contributed by atoms with Crippen LogP contribution < -0.4 is 10.1 Å². The molecule has 3 rings (SSSR count). The standard InChI is InChI=1S/C21H21N3O5S/c1-13(2)28-20(26)14-7-9-16(10-8-14)22-18(25)12-30-21-24-23-19(29-21)15-5-4-6-17(11-15)27-3/h4-11,13H,12H2,1-3H3,(H,22,25). The monoisotopic (exact) mass is 427 g/mol. The van der Waals surface area contributed by atoms with Crippen LogP contribution in [-0.4, -0.2) is 41.0 Å². The number of amides is 1. The van der Waals surface area contributed by atoms with Gasteiger partial charge >= 0.3 is 5.97 Å². The average Bonchev–Trinajstić information content (AvgIpc) is 3.21. The third-order valence-electron chi connectivity index (χ3n) is 3.80. The van der Waals surface area contributed by atoms with Gasteiger partial charge in [-0.3, -0.25) is 4.79 Å². The van der Waals surface area contributed by atoms with Gasteiger partial charge in [0.2, 0.25) is 11.8 Å². The Kier molecular flexibility index (Phi) is 7.08. The molecule has 0 saturated carbocycles. The number of benzene rings is 2. The first-order valence-electron chi connectivity index (χ1n) is 9.16. The molecular weight excluding hydrogens is 406 g/mol. The molecule has 1 amide bonds. The number of nitrogens with zero attached hydrogens (tertiary/aromatic N) is 2. The molecule has 1 heterocycles. The van der Waals surface area contributed by atoms with Gasteiger partial charge in [-0.2, -0.15) is 0 Å². The number of thioether (sulfide) groups is 1. The fourth-order valence-corrected chi connectivity index (χ4v) is 3.00. The van der Waals surface area contributed by atoms with E-state index in [1.165, 1.54) is 0 Å². The van der Waals surface area contributed by atoms with E-state index in [2.05, 4.69) is 15.5 Å². The van der Waals surface area contributed by atoms with Crippen LogP contribution in [0.25, 0.3) is 11.5 Å². The third-order valence-corrected chi connectivity index (χ3v) is 4.62. The van der Waals surface area contributed by atoms with Crippen molar-refractivity contribution in [2.75, 3.05) is 18.2 Å². The highest BCUT2D eigenvalue weighted by Crippen LogP contribution is 2.26. The number of aromatic nitrogens is 2. The maximum absolute atomic E-state index is 12.2. The summed E-state index contributed by atoms with van der Waals surface area (Å²) >= 11 is 1.13. The van der Waals surface area contributed by atoms with Gasteiger partial charge in [-0.05, 0) is 56.3 Å². The van der Waals surface area contributed by atoms with Gasteiger partial charge in [0.05, 0.1) is 24.5 Å². The van der Waals surface area contributed by atoms with Crippen molar-refractivity contribution >= 4 is 29.3 Å². The van der Waals surface area contributed by atoms with E-state index in [1.54, 1.807) is 51.3 Å². The molecule has 9 heteroatoms. The lowest BCUT2D eigenvalue weighted by Gasteiger charge is -2.08. The molecule has 3 aromatic rings. The van der Waals surface area contributed by atoms with Crippen molar-refractivity contribution < 1.29 is 23.5 Å². The molecule has 1 aromatic heterocycles.